The Morgan fingerprint density at radius 1 is 1.26 bits per heavy atom. The zero-order chi connectivity index (χ0) is 18.6. The smallest absolute Gasteiger partial charge is 0.410 e. The molecule has 2 heterocycles. The topological polar surface area (TPSA) is 58.2 Å². The van der Waals surface area contributed by atoms with Crippen molar-refractivity contribution in [3.05, 3.63) is 65.5 Å². The zero-order valence-corrected chi connectivity index (χ0v) is 15.0. The van der Waals surface area contributed by atoms with Gasteiger partial charge in [-0.2, -0.15) is 0 Å². The van der Waals surface area contributed by atoms with E-state index < -0.39 is 0 Å². The predicted molar refractivity (Wildman–Crippen MR) is 104 cm³/mol. The van der Waals surface area contributed by atoms with Gasteiger partial charge in [0.25, 0.3) is 0 Å². The number of carbonyl (C=O) groups is 1. The van der Waals surface area contributed by atoms with E-state index in [1.165, 1.54) is 0 Å². The van der Waals surface area contributed by atoms with Crippen LogP contribution in [0.5, 0.6) is 0 Å². The van der Waals surface area contributed by atoms with Crippen molar-refractivity contribution in [3.63, 3.8) is 0 Å². The molecule has 0 spiro atoms. The number of amides is 1. The highest BCUT2D eigenvalue weighted by atomic mass is 16.6. The van der Waals surface area contributed by atoms with Crippen molar-refractivity contribution in [2.24, 2.45) is 0 Å². The van der Waals surface area contributed by atoms with E-state index in [1.54, 1.807) is 4.90 Å². The number of imidazole rings is 1. The summed E-state index contributed by atoms with van der Waals surface area (Å²) in [6, 6.07) is 15.3. The monoisotopic (exact) mass is 359 g/mol. The summed E-state index contributed by atoms with van der Waals surface area (Å²) in [6.07, 6.45) is 8.07. The molecule has 1 saturated heterocycles. The lowest BCUT2D eigenvalue weighted by molar-refractivity contribution is 0.0661. The van der Waals surface area contributed by atoms with E-state index in [2.05, 4.69) is 10.9 Å². The van der Waals surface area contributed by atoms with Crippen molar-refractivity contribution in [3.8, 4) is 12.3 Å². The molecule has 1 atom stereocenters. The molecule has 1 aliphatic rings. The van der Waals surface area contributed by atoms with Crippen LogP contribution >= 0.6 is 0 Å². The molecule has 1 aliphatic heterocycles. The van der Waals surface area contributed by atoms with Gasteiger partial charge in [-0.3, -0.25) is 4.90 Å². The molecule has 1 amide bonds. The van der Waals surface area contributed by atoms with Gasteiger partial charge in [0.1, 0.15) is 12.4 Å². The molecule has 136 valence electrons. The van der Waals surface area contributed by atoms with Gasteiger partial charge in [-0.1, -0.05) is 36.3 Å². The number of aromatic nitrogens is 2. The number of ether oxygens (including phenoxy) is 1. The Labute approximate surface area is 158 Å². The molecule has 2 aromatic carbocycles. The SMILES string of the molecule is C#Cc1ccc2[nH]c(C3CCCCN3C(=O)OCc3ccccc3)nc2c1. The first-order chi connectivity index (χ1) is 13.2. The third kappa shape index (κ3) is 3.65. The Balaban J connectivity index is 1.53. The number of terminal acetylenes is 1. The number of H-pyrrole nitrogens is 1. The van der Waals surface area contributed by atoms with Crippen LogP contribution in [0.1, 0.15) is 42.3 Å². The first-order valence-corrected chi connectivity index (χ1v) is 9.18. The van der Waals surface area contributed by atoms with E-state index in [0.29, 0.717) is 6.54 Å². The maximum atomic E-state index is 12.7. The zero-order valence-electron chi connectivity index (χ0n) is 15.0. The minimum atomic E-state index is -0.298. The fourth-order valence-electron chi connectivity index (χ4n) is 3.51. The van der Waals surface area contributed by atoms with Gasteiger partial charge in [-0.15, -0.1) is 6.42 Å². The molecule has 1 fully saturated rings. The third-order valence-corrected chi connectivity index (χ3v) is 4.93. The number of aromatic amines is 1. The molecule has 1 N–H and O–H groups in total. The summed E-state index contributed by atoms with van der Waals surface area (Å²) >= 11 is 0. The van der Waals surface area contributed by atoms with Crippen LogP contribution in [0.15, 0.2) is 48.5 Å². The fourth-order valence-corrected chi connectivity index (χ4v) is 3.51. The Bertz CT molecular complexity index is 988. The number of fused-ring (bicyclic) bond motifs is 1. The molecule has 5 nitrogen and oxygen atoms in total. The average molecular weight is 359 g/mol. The van der Waals surface area contributed by atoms with Gasteiger partial charge >= 0.3 is 6.09 Å². The standard InChI is InChI=1S/C22H21N3O2/c1-2-16-11-12-18-19(14-16)24-21(23-18)20-10-6-7-13-25(20)22(26)27-15-17-8-4-3-5-9-17/h1,3-5,8-9,11-12,14,20H,6-7,10,13,15H2,(H,23,24). The predicted octanol–water partition coefficient (Wildman–Crippen LogP) is 4.41. The number of hydrogen-bond acceptors (Lipinski definition) is 3. The third-order valence-electron chi connectivity index (χ3n) is 4.93. The van der Waals surface area contributed by atoms with Crippen molar-refractivity contribution in [2.75, 3.05) is 6.54 Å². The summed E-state index contributed by atoms with van der Waals surface area (Å²) in [6.45, 7) is 0.944. The second-order valence-corrected chi connectivity index (χ2v) is 6.74. The van der Waals surface area contributed by atoms with Crippen LogP contribution in [0.3, 0.4) is 0 Å². The number of piperidine rings is 1. The highest BCUT2D eigenvalue weighted by molar-refractivity contribution is 5.77. The molecule has 1 aromatic heterocycles. The molecule has 0 saturated carbocycles. The van der Waals surface area contributed by atoms with Crippen LogP contribution in [-0.4, -0.2) is 27.5 Å². The second kappa shape index (κ2) is 7.55. The maximum Gasteiger partial charge on any atom is 0.410 e. The average Bonchev–Trinajstić information content (AvgIpc) is 3.16. The number of likely N-dealkylation sites (tertiary alicyclic amines) is 1. The van der Waals surface area contributed by atoms with E-state index in [4.69, 9.17) is 16.1 Å². The Morgan fingerprint density at radius 3 is 2.93 bits per heavy atom. The van der Waals surface area contributed by atoms with Gasteiger partial charge < -0.3 is 9.72 Å². The summed E-state index contributed by atoms with van der Waals surface area (Å²) in [5, 5.41) is 0. The summed E-state index contributed by atoms with van der Waals surface area (Å²) in [7, 11) is 0. The van der Waals surface area contributed by atoms with Crippen LogP contribution < -0.4 is 0 Å². The molecule has 5 heteroatoms. The number of nitrogens with zero attached hydrogens (tertiary/aromatic N) is 2. The highest BCUT2D eigenvalue weighted by Crippen LogP contribution is 2.31. The van der Waals surface area contributed by atoms with Crippen LogP contribution in [0.4, 0.5) is 4.79 Å². The van der Waals surface area contributed by atoms with Gasteiger partial charge in [0, 0.05) is 12.1 Å². The molecular formula is C22H21N3O2. The van der Waals surface area contributed by atoms with E-state index >= 15 is 0 Å². The number of hydrogen-bond donors (Lipinski definition) is 1. The first-order valence-electron chi connectivity index (χ1n) is 9.18. The van der Waals surface area contributed by atoms with Crippen LogP contribution in [0.25, 0.3) is 11.0 Å². The Kier molecular flexibility index (Phi) is 4.80. The highest BCUT2D eigenvalue weighted by Gasteiger charge is 2.31. The molecule has 4 rings (SSSR count). The van der Waals surface area contributed by atoms with E-state index in [0.717, 1.165) is 47.2 Å². The molecular weight excluding hydrogens is 338 g/mol. The molecule has 0 aliphatic carbocycles. The number of rotatable bonds is 3. The Hall–Kier alpha value is -3.26. The molecule has 27 heavy (non-hydrogen) atoms. The van der Waals surface area contributed by atoms with Crippen LogP contribution in [0, 0.1) is 12.3 Å². The summed E-state index contributed by atoms with van der Waals surface area (Å²) in [5.74, 6) is 3.42. The quantitative estimate of drug-likeness (QED) is 0.705. The van der Waals surface area contributed by atoms with Crippen LogP contribution in [-0.2, 0) is 11.3 Å². The lowest BCUT2D eigenvalue weighted by Crippen LogP contribution is -2.39. The lowest BCUT2D eigenvalue weighted by atomic mass is 10.0. The number of benzene rings is 2. The first kappa shape index (κ1) is 17.2. The lowest BCUT2D eigenvalue weighted by Gasteiger charge is -2.33. The summed E-state index contributed by atoms with van der Waals surface area (Å²) in [4.78, 5) is 22.5. The maximum absolute atomic E-state index is 12.7. The minimum Gasteiger partial charge on any atom is -0.445 e. The van der Waals surface area contributed by atoms with Crippen molar-refractivity contribution in [1.82, 2.24) is 14.9 Å². The van der Waals surface area contributed by atoms with Gasteiger partial charge in [-0.25, -0.2) is 9.78 Å². The van der Waals surface area contributed by atoms with E-state index in [1.807, 2.05) is 48.5 Å². The Morgan fingerprint density at radius 2 is 2.11 bits per heavy atom. The minimum absolute atomic E-state index is 0.108. The fraction of sp³-hybridized carbons (Fsp3) is 0.273. The molecule has 0 radical (unpaired) electrons. The van der Waals surface area contributed by atoms with Gasteiger partial charge in [0.15, 0.2) is 0 Å². The van der Waals surface area contributed by atoms with Crippen molar-refractivity contribution in [1.29, 1.82) is 0 Å². The number of carbonyl (C=O) groups excluding carboxylic acids is 1. The molecule has 0 bridgehead atoms. The summed E-state index contributed by atoms with van der Waals surface area (Å²) in [5.41, 5.74) is 3.52. The normalized spacial score (nSPS) is 16.9. The van der Waals surface area contributed by atoms with Gasteiger partial charge in [0.2, 0.25) is 0 Å². The van der Waals surface area contributed by atoms with Crippen molar-refractivity contribution in [2.45, 2.75) is 31.9 Å². The van der Waals surface area contributed by atoms with Gasteiger partial charge in [-0.05, 0) is 43.0 Å². The van der Waals surface area contributed by atoms with Crippen molar-refractivity contribution >= 4 is 17.1 Å². The van der Waals surface area contributed by atoms with E-state index in [-0.39, 0.29) is 18.7 Å². The summed E-state index contributed by atoms with van der Waals surface area (Å²) < 4.78 is 5.55. The van der Waals surface area contributed by atoms with Crippen LogP contribution in [0.2, 0.25) is 0 Å². The molecule has 1 unspecified atom stereocenters. The van der Waals surface area contributed by atoms with E-state index in [9.17, 15) is 4.79 Å². The molecule has 3 aromatic rings. The largest absolute Gasteiger partial charge is 0.445 e. The second-order valence-electron chi connectivity index (χ2n) is 6.74. The number of nitrogens with one attached hydrogen (secondary N) is 1. The van der Waals surface area contributed by atoms with Crippen molar-refractivity contribution < 1.29 is 9.53 Å². The van der Waals surface area contributed by atoms with Gasteiger partial charge in [0.05, 0.1) is 17.1 Å².